The summed E-state index contributed by atoms with van der Waals surface area (Å²) in [5.74, 6) is 0.137. The number of amides is 1. The second-order valence-electron chi connectivity index (χ2n) is 7.35. The van der Waals surface area contributed by atoms with Gasteiger partial charge in [0.05, 0.1) is 31.3 Å². The van der Waals surface area contributed by atoms with Gasteiger partial charge in [-0.05, 0) is 39.5 Å². The summed E-state index contributed by atoms with van der Waals surface area (Å²) in [7, 11) is 0. The first-order valence-electron chi connectivity index (χ1n) is 9.48. The van der Waals surface area contributed by atoms with Crippen LogP contribution in [0.5, 0.6) is 0 Å². The average Bonchev–Trinajstić information content (AvgIpc) is 2.58. The molecule has 2 heterocycles. The third kappa shape index (κ3) is 3.93. The molecule has 0 aromatic carbocycles. The largest absolute Gasteiger partial charge is 0.379 e. The summed E-state index contributed by atoms with van der Waals surface area (Å²) in [5, 5.41) is 3.23. The molecule has 6 heteroatoms. The third-order valence-corrected chi connectivity index (χ3v) is 5.83. The maximum atomic E-state index is 12.6. The van der Waals surface area contributed by atoms with Crippen molar-refractivity contribution in [2.75, 3.05) is 46.1 Å². The van der Waals surface area contributed by atoms with Crippen molar-refractivity contribution in [2.45, 2.75) is 57.3 Å². The molecule has 1 saturated carbocycles. The molecule has 1 aliphatic carbocycles. The van der Waals surface area contributed by atoms with Crippen LogP contribution in [0, 0.1) is 5.92 Å². The molecule has 0 bridgehead atoms. The molecule has 0 aromatic heterocycles. The number of hydrogen-bond donors (Lipinski definition) is 1. The summed E-state index contributed by atoms with van der Waals surface area (Å²) in [6.45, 7) is 9.74. The highest BCUT2D eigenvalue weighted by atomic mass is 16.5. The minimum atomic E-state index is -0.0109. The van der Waals surface area contributed by atoms with Crippen LogP contribution in [0.1, 0.15) is 39.5 Å². The second-order valence-corrected chi connectivity index (χ2v) is 7.35. The summed E-state index contributed by atoms with van der Waals surface area (Å²) in [4.78, 5) is 15.1. The molecule has 138 valence electrons. The van der Waals surface area contributed by atoms with E-state index in [0.717, 1.165) is 65.2 Å². The topological polar surface area (TPSA) is 60.0 Å². The molecule has 2 unspecified atom stereocenters. The van der Waals surface area contributed by atoms with Crippen molar-refractivity contribution in [1.82, 2.24) is 10.2 Å². The zero-order valence-electron chi connectivity index (χ0n) is 15.1. The number of rotatable bonds is 6. The normalized spacial score (nSPS) is 37.7. The number of nitrogens with zero attached hydrogens (tertiary/aromatic N) is 1. The van der Waals surface area contributed by atoms with E-state index in [9.17, 15) is 4.79 Å². The van der Waals surface area contributed by atoms with Crippen LogP contribution >= 0.6 is 0 Å². The van der Waals surface area contributed by atoms with Gasteiger partial charge in [-0.2, -0.15) is 0 Å². The highest BCUT2D eigenvalue weighted by Crippen LogP contribution is 2.40. The van der Waals surface area contributed by atoms with Crippen molar-refractivity contribution in [1.29, 1.82) is 0 Å². The number of carbonyl (C=O) groups excluding carboxylic acids is 1. The monoisotopic (exact) mass is 340 g/mol. The van der Waals surface area contributed by atoms with Crippen molar-refractivity contribution in [3.8, 4) is 0 Å². The highest BCUT2D eigenvalue weighted by Gasteiger charge is 2.49. The molecular weight excluding hydrogens is 308 g/mol. The zero-order chi connectivity index (χ0) is 17.0. The van der Waals surface area contributed by atoms with Gasteiger partial charge in [0.2, 0.25) is 5.91 Å². The molecule has 2 atom stereocenters. The Labute approximate surface area is 145 Å². The predicted octanol–water partition coefficient (Wildman–Crippen LogP) is 1.19. The Bertz CT molecular complexity index is 419. The van der Waals surface area contributed by atoms with Crippen LogP contribution in [-0.4, -0.2) is 74.6 Å². The fourth-order valence-electron chi connectivity index (χ4n) is 4.34. The van der Waals surface area contributed by atoms with Gasteiger partial charge in [-0.3, -0.25) is 9.69 Å². The van der Waals surface area contributed by atoms with E-state index >= 15 is 0 Å². The predicted molar refractivity (Wildman–Crippen MR) is 90.9 cm³/mol. The Kier molecular flexibility index (Phi) is 6.13. The standard InChI is InChI=1S/C18H32N2O4/c1-3-23-15-11-18(12-15,20-6-9-22-10-7-20)13-19-17(21)16-5-4-8-24-14(16)2/h14-16H,3-13H2,1-2H3,(H,19,21). The van der Waals surface area contributed by atoms with Crippen molar-refractivity contribution >= 4 is 5.91 Å². The maximum Gasteiger partial charge on any atom is 0.225 e. The number of ether oxygens (including phenoxy) is 3. The van der Waals surface area contributed by atoms with E-state index in [0.29, 0.717) is 12.6 Å². The minimum Gasteiger partial charge on any atom is -0.379 e. The average molecular weight is 340 g/mol. The van der Waals surface area contributed by atoms with Crippen LogP contribution in [0.3, 0.4) is 0 Å². The molecule has 0 aromatic rings. The third-order valence-electron chi connectivity index (χ3n) is 5.83. The van der Waals surface area contributed by atoms with Gasteiger partial charge >= 0.3 is 0 Å². The molecular formula is C18H32N2O4. The molecule has 6 nitrogen and oxygen atoms in total. The molecule has 24 heavy (non-hydrogen) atoms. The van der Waals surface area contributed by atoms with Crippen molar-refractivity contribution < 1.29 is 19.0 Å². The fraction of sp³-hybridized carbons (Fsp3) is 0.944. The van der Waals surface area contributed by atoms with Gasteiger partial charge in [0.15, 0.2) is 0 Å². The summed E-state index contributed by atoms with van der Waals surface area (Å²) in [6, 6.07) is 0. The Morgan fingerprint density at radius 3 is 2.71 bits per heavy atom. The highest BCUT2D eigenvalue weighted by molar-refractivity contribution is 5.79. The lowest BCUT2D eigenvalue weighted by Gasteiger charge is -2.55. The molecule has 3 rings (SSSR count). The molecule has 1 amide bonds. The summed E-state index contributed by atoms with van der Waals surface area (Å²) in [6.07, 6.45) is 4.25. The lowest BCUT2D eigenvalue weighted by Crippen LogP contribution is -2.67. The van der Waals surface area contributed by atoms with Crippen LogP contribution in [0.2, 0.25) is 0 Å². The minimum absolute atomic E-state index is 0.0109. The van der Waals surface area contributed by atoms with Crippen molar-refractivity contribution in [3.05, 3.63) is 0 Å². The Hall–Kier alpha value is -0.690. The van der Waals surface area contributed by atoms with Gasteiger partial charge in [-0.15, -0.1) is 0 Å². The van der Waals surface area contributed by atoms with E-state index in [1.807, 2.05) is 13.8 Å². The molecule has 2 saturated heterocycles. The second kappa shape index (κ2) is 8.13. The SMILES string of the molecule is CCOC1CC(CNC(=O)C2CCCOC2C)(N2CCOCC2)C1. The van der Waals surface area contributed by atoms with Crippen molar-refractivity contribution in [2.24, 2.45) is 5.92 Å². The van der Waals surface area contributed by atoms with Crippen LogP contribution in [0.4, 0.5) is 0 Å². The Balaban J connectivity index is 1.57. The maximum absolute atomic E-state index is 12.6. The van der Waals surface area contributed by atoms with Crippen molar-refractivity contribution in [3.63, 3.8) is 0 Å². The van der Waals surface area contributed by atoms with Crippen LogP contribution in [-0.2, 0) is 19.0 Å². The van der Waals surface area contributed by atoms with Crippen LogP contribution < -0.4 is 5.32 Å². The van der Waals surface area contributed by atoms with E-state index in [-0.39, 0.29) is 23.5 Å². The van der Waals surface area contributed by atoms with E-state index in [2.05, 4.69) is 10.2 Å². The first kappa shape index (κ1) is 18.1. The Morgan fingerprint density at radius 2 is 2.04 bits per heavy atom. The molecule has 3 fully saturated rings. The summed E-state index contributed by atoms with van der Waals surface area (Å²) < 4.78 is 16.9. The molecule has 2 aliphatic heterocycles. The summed E-state index contributed by atoms with van der Waals surface area (Å²) in [5.41, 5.74) is 0.0397. The van der Waals surface area contributed by atoms with Crippen LogP contribution in [0.15, 0.2) is 0 Å². The van der Waals surface area contributed by atoms with Gasteiger partial charge in [0.25, 0.3) is 0 Å². The first-order chi connectivity index (χ1) is 11.6. The zero-order valence-corrected chi connectivity index (χ0v) is 15.1. The van der Waals surface area contributed by atoms with E-state index in [1.54, 1.807) is 0 Å². The molecule has 0 radical (unpaired) electrons. The lowest BCUT2D eigenvalue weighted by atomic mass is 9.72. The van der Waals surface area contributed by atoms with E-state index in [1.165, 1.54) is 0 Å². The van der Waals surface area contributed by atoms with Gasteiger partial charge < -0.3 is 19.5 Å². The van der Waals surface area contributed by atoms with Crippen LogP contribution in [0.25, 0.3) is 0 Å². The number of hydrogen-bond acceptors (Lipinski definition) is 5. The smallest absolute Gasteiger partial charge is 0.225 e. The molecule has 3 aliphatic rings. The Morgan fingerprint density at radius 1 is 1.29 bits per heavy atom. The number of carbonyl (C=O) groups is 1. The van der Waals surface area contributed by atoms with Gasteiger partial charge in [0.1, 0.15) is 0 Å². The van der Waals surface area contributed by atoms with E-state index < -0.39 is 0 Å². The van der Waals surface area contributed by atoms with Gasteiger partial charge in [-0.25, -0.2) is 0 Å². The van der Waals surface area contributed by atoms with Gasteiger partial charge in [-0.1, -0.05) is 0 Å². The number of morpholine rings is 1. The number of nitrogens with one attached hydrogen (secondary N) is 1. The molecule has 0 spiro atoms. The van der Waals surface area contributed by atoms with E-state index in [4.69, 9.17) is 14.2 Å². The first-order valence-corrected chi connectivity index (χ1v) is 9.48. The summed E-state index contributed by atoms with van der Waals surface area (Å²) >= 11 is 0. The quantitative estimate of drug-likeness (QED) is 0.787. The molecule has 1 N–H and O–H groups in total. The van der Waals surface area contributed by atoms with Gasteiger partial charge in [0, 0.05) is 38.4 Å². The fourth-order valence-corrected chi connectivity index (χ4v) is 4.34. The lowest BCUT2D eigenvalue weighted by molar-refractivity contribution is -0.141.